The van der Waals surface area contributed by atoms with Gasteiger partial charge in [-0.3, -0.25) is 4.79 Å². The van der Waals surface area contributed by atoms with Crippen LogP contribution in [-0.4, -0.2) is 34.5 Å². The summed E-state index contributed by atoms with van der Waals surface area (Å²) in [5, 5.41) is 9.06. The topological polar surface area (TPSA) is 57.6 Å². The van der Waals surface area contributed by atoms with Crippen molar-refractivity contribution < 1.29 is 14.7 Å². The van der Waals surface area contributed by atoms with E-state index in [1.165, 1.54) is 4.90 Å². The fourth-order valence-corrected chi connectivity index (χ4v) is 1.56. The minimum absolute atomic E-state index is 0.428. The standard InChI is InChI=1S/C9H17NO3/c1-4-9(5-2,8(12)13)10(6-3)7-11/h7H,4-6H2,1-3H3,(H,12,13). The largest absolute Gasteiger partial charge is 0.479 e. The first-order chi connectivity index (χ1) is 6.08. The van der Waals surface area contributed by atoms with Crippen molar-refractivity contribution in [2.45, 2.75) is 39.2 Å². The van der Waals surface area contributed by atoms with Gasteiger partial charge in [0.15, 0.2) is 0 Å². The Morgan fingerprint density at radius 3 is 1.92 bits per heavy atom. The highest BCUT2D eigenvalue weighted by Gasteiger charge is 2.39. The summed E-state index contributed by atoms with van der Waals surface area (Å²) in [5.74, 6) is -0.925. The van der Waals surface area contributed by atoms with Gasteiger partial charge in [-0.25, -0.2) is 4.79 Å². The maximum atomic E-state index is 11.0. The van der Waals surface area contributed by atoms with E-state index in [9.17, 15) is 9.59 Å². The summed E-state index contributed by atoms with van der Waals surface area (Å²) in [6.45, 7) is 5.77. The molecule has 0 aliphatic rings. The monoisotopic (exact) mass is 187 g/mol. The van der Waals surface area contributed by atoms with Crippen molar-refractivity contribution in [3.63, 3.8) is 0 Å². The number of aliphatic carboxylic acids is 1. The molecule has 1 amide bonds. The molecule has 0 aliphatic carbocycles. The molecule has 76 valence electrons. The molecule has 0 aromatic heterocycles. The van der Waals surface area contributed by atoms with Crippen LogP contribution in [0.1, 0.15) is 33.6 Å². The molecule has 0 rings (SSSR count). The first-order valence-electron chi connectivity index (χ1n) is 4.54. The van der Waals surface area contributed by atoms with Crippen molar-refractivity contribution in [2.24, 2.45) is 0 Å². The van der Waals surface area contributed by atoms with Crippen molar-refractivity contribution in [2.75, 3.05) is 6.54 Å². The fraction of sp³-hybridized carbons (Fsp3) is 0.778. The van der Waals surface area contributed by atoms with Gasteiger partial charge in [0.05, 0.1) is 0 Å². The Bertz CT molecular complexity index is 187. The zero-order chi connectivity index (χ0) is 10.5. The van der Waals surface area contributed by atoms with Gasteiger partial charge in [-0.15, -0.1) is 0 Å². The van der Waals surface area contributed by atoms with Crippen molar-refractivity contribution in [1.82, 2.24) is 4.90 Å². The van der Waals surface area contributed by atoms with E-state index in [4.69, 9.17) is 5.11 Å². The third kappa shape index (κ3) is 1.99. The number of hydrogen-bond acceptors (Lipinski definition) is 2. The highest BCUT2D eigenvalue weighted by atomic mass is 16.4. The van der Waals surface area contributed by atoms with Crippen LogP contribution in [0.2, 0.25) is 0 Å². The molecule has 0 aromatic carbocycles. The third-order valence-corrected chi connectivity index (χ3v) is 2.59. The molecule has 13 heavy (non-hydrogen) atoms. The number of likely N-dealkylation sites (N-methyl/N-ethyl adjacent to an activating group) is 1. The smallest absolute Gasteiger partial charge is 0.329 e. The molecule has 1 N–H and O–H groups in total. The summed E-state index contributed by atoms with van der Waals surface area (Å²) < 4.78 is 0. The second-order valence-electron chi connectivity index (χ2n) is 2.94. The number of carboxylic acid groups (broad SMARTS) is 1. The molecule has 0 unspecified atom stereocenters. The number of carbonyl (C=O) groups is 2. The van der Waals surface area contributed by atoms with E-state index >= 15 is 0 Å². The molecular formula is C9H17NO3. The first kappa shape index (κ1) is 11.9. The molecule has 0 spiro atoms. The normalized spacial score (nSPS) is 11.0. The number of amides is 1. The molecule has 4 nitrogen and oxygen atoms in total. The number of hydrogen-bond donors (Lipinski definition) is 1. The van der Waals surface area contributed by atoms with Gasteiger partial charge in [-0.2, -0.15) is 0 Å². The summed E-state index contributed by atoms with van der Waals surface area (Å²) in [6, 6.07) is 0. The molecule has 0 aromatic rings. The van der Waals surface area contributed by atoms with E-state index in [0.29, 0.717) is 25.8 Å². The number of carbonyl (C=O) groups excluding carboxylic acids is 1. The van der Waals surface area contributed by atoms with Crippen molar-refractivity contribution in [3.05, 3.63) is 0 Å². The fourth-order valence-electron chi connectivity index (χ4n) is 1.56. The summed E-state index contributed by atoms with van der Waals surface area (Å²) in [7, 11) is 0. The van der Waals surface area contributed by atoms with Gasteiger partial charge < -0.3 is 10.0 Å². The molecule has 4 heteroatoms. The van der Waals surface area contributed by atoms with Crippen molar-refractivity contribution >= 4 is 12.4 Å². The highest BCUT2D eigenvalue weighted by Crippen LogP contribution is 2.22. The molecule has 0 radical (unpaired) electrons. The molecular weight excluding hydrogens is 170 g/mol. The summed E-state index contributed by atoms with van der Waals surface area (Å²) >= 11 is 0. The summed E-state index contributed by atoms with van der Waals surface area (Å²) in [6.07, 6.45) is 1.48. The first-order valence-corrected chi connectivity index (χ1v) is 4.54. The lowest BCUT2D eigenvalue weighted by Gasteiger charge is -2.36. The third-order valence-electron chi connectivity index (χ3n) is 2.59. The molecule has 0 bridgehead atoms. The van der Waals surface area contributed by atoms with Crippen LogP contribution >= 0.6 is 0 Å². The van der Waals surface area contributed by atoms with Crippen LogP contribution in [0.5, 0.6) is 0 Å². The van der Waals surface area contributed by atoms with Gasteiger partial charge in [0.2, 0.25) is 6.41 Å². The predicted molar refractivity (Wildman–Crippen MR) is 49.4 cm³/mol. The Morgan fingerprint density at radius 1 is 1.38 bits per heavy atom. The quantitative estimate of drug-likeness (QED) is 0.634. The summed E-state index contributed by atoms with van der Waals surface area (Å²) in [5.41, 5.74) is -1.02. The van der Waals surface area contributed by atoms with Crippen LogP contribution in [0.3, 0.4) is 0 Å². The SMILES string of the molecule is CCN(C=O)C(CC)(CC)C(=O)O. The van der Waals surface area contributed by atoms with Crippen LogP contribution in [0.15, 0.2) is 0 Å². The van der Waals surface area contributed by atoms with E-state index < -0.39 is 11.5 Å². The van der Waals surface area contributed by atoms with Gasteiger partial charge >= 0.3 is 5.97 Å². The molecule has 0 heterocycles. The van der Waals surface area contributed by atoms with Gasteiger partial charge in [0.1, 0.15) is 5.54 Å². The number of nitrogens with zero attached hydrogens (tertiary/aromatic N) is 1. The van der Waals surface area contributed by atoms with Gasteiger partial charge in [-0.1, -0.05) is 13.8 Å². The number of rotatable bonds is 6. The van der Waals surface area contributed by atoms with Crippen LogP contribution in [0.25, 0.3) is 0 Å². The maximum absolute atomic E-state index is 11.0. The van der Waals surface area contributed by atoms with Crippen molar-refractivity contribution in [1.29, 1.82) is 0 Å². The highest BCUT2D eigenvalue weighted by molar-refractivity contribution is 5.81. The Morgan fingerprint density at radius 2 is 1.85 bits per heavy atom. The Balaban J connectivity index is 4.93. The lowest BCUT2D eigenvalue weighted by Crippen LogP contribution is -2.53. The molecule has 0 saturated heterocycles. The zero-order valence-corrected chi connectivity index (χ0v) is 8.41. The van der Waals surface area contributed by atoms with Gasteiger partial charge in [-0.05, 0) is 19.8 Å². The van der Waals surface area contributed by atoms with E-state index in [0.717, 1.165) is 0 Å². The average molecular weight is 187 g/mol. The van der Waals surface area contributed by atoms with Crippen molar-refractivity contribution in [3.8, 4) is 0 Å². The molecule has 0 fully saturated rings. The predicted octanol–water partition coefficient (Wildman–Crippen LogP) is 1.11. The van der Waals surface area contributed by atoms with Crippen LogP contribution < -0.4 is 0 Å². The van der Waals surface area contributed by atoms with Crippen LogP contribution in [0.4, 0.5) is 0 Å². The number of carboxylic acids is 1. The van der Waals surface area contributed by atoms with E-state index in [-0.39, 0.29) is 0 Å². The molecule has 0 atom stereocenters. The lowest BCUT2D eigenvalue weighted by molar-refractivity contribution is -0.155. The maximum Gasteiger partial charge on any atom is 0.329 e. The van der Waals surface area contributed by atoms with Crippen LogP contribution in [0, 0.1) is 0 Å². The Kier molecular flexibility index (Phi) is 4.45. The average Bonchev–Trinajstić information content (AvgIpc) is 2.13. The second kappa shape index (κ2) is 4.84. The molecule has 0 aliphatic heterocycles. The Hall–Kier alpha value is -1.06. The van der Waals surface area contributed by atoms with Gasteiger partial charge in [0, 0.05) is 6.54 Å². The minimum Gasteiger partial charge on any atom is -0.479 e. The van der Waals surface area contributed by atoms with E-state index in [2.05, 4.69) is 0 Å². The minimum atomic E-state index is -1.02. The Labute approximate surface area is 78.5 Å². The van der Waals surface area contributed by atoms with Gasteiger partial charge in [0.25, 0.3) is 0 Å². The zero-order valence-electron chi connectivity index (χ0n) is 8.41. The summed E-state index contributed by atoms with van der Waals surface area (Å²) in [4.78, 5) is 23.1. The van der Waals surface area contributed by atoms with E-state index in [1.54, 1.807) is 20.8 Å². The lowest BCUT2D eigenvalue weighted by atomic mass is 9.91. The van der Waals surface area contributed by atoms with E-state index in [1.807, 2.05) is 0 Å². The van der Waals surface area contributed by atoms with Crippen LogP contribution in [-0.2, 0) is 9.59 Å². The second-order valence-corrected chi connectivity index (χ2v) is 2.94. The molecule has 0 saturated carbocycles.